The lowest BCUT2D eigenvalue weighted by Gasteiger charge is -2.11. The first-order valence-corrected chi connectivity index (χ1v) is 8.99. The molecule has 0 saturated carbocycles. The van der Waals surface area contributed by atoms with E-state index >= 15 is 0 Å². The Labute approximate surface area is 166 Å². The molecular weight excluding hydrogens is 381 g/mol. The molecule has 2 aromatic carbocycles. The molecule has 3 rings (SSSR count). The van der Waals surface area contributed by atoms with Gasteiger partial charge in [0.1, 0.15) is 0 Å². The molecule has 29 heavy (non-hydrogen) atoms. The number of halogens is 3. The van der Waals surface area contributed by atoms with E-state index in [9.17, 15) is 18.0 Å². The Kier molecular flexibility index (Phi) is 5.63. The third-order valence-corrected chi connectivity index (χ3v) is 4.65. The lowest BCUT2D eigenvalue weighted by atomic mass is 10.1. The summed E-state index contributed by atoms with van der Waals surface area (Å²) in [6, 6.07) is 11.8. The van der Waals surface area contributed by atoms with E-state index < -0.39 is 17.8 Å². The summed E-state index contributed by atoms with van der Waals surface area (Å²) in [5, 5.41) is 9.61. The highest BCUT2D eigenvalue weighted by Gasteiger charge is 2.30. The van der Waals surface area contributed by atoms with Gasteiger partial charge in [0.15, 0.2) is 0 Å². The van der Waals surface area contributed by atoms with E-state index in [1.54, 1.807) is 11.6 Å². The summed E-state index contributed by atoms with van der Waals surface area (Å²) < 4.78 is 40.3. The second kappa shape index (κ2) is 7.98. The first-order chi connectivity index (χ1) is 13.6. The van der Waals surface area contributed by atoms with Gasteiger partial charge >= 0.3 is 12.2 Å². The highest BCUT2D eigenvalue weighted by atomic mass is 19.4. The molecule has 0 aliphatic heterocycles. The van der Waals surface area contributed by atoms with Gasteiger partial charge in [-0.05, 0) is 50.1 Å². The summed E-state index contributed by atoms with van der Waals surface area (Å²) in [6.07, 6.45) is -4.47. The van der Waals surface area contributed by atoms with E-state index in [0.717, 1.165) is 29.0 Å². The minimum Gasteiger partial charge on any atom is -0.308 e. The van der Waals surface area contributed by atoms with Crippen LogP contribution in [0.1, 0.15) is 28.1 Å². The Morgan fingerprint density at radius 3 is 2.45 bits per heavy atom. The number of nitrogens with zero attached hydrogens (tertiary/aromatic N) is 2. The quantitative estimate of drug-likeness (QED) is 0.604. The van der Waals surface area contributed by atoms with Crippen LogP contribution in [0.5, 0.6) is 0 Å². The summed E-state index contributed by atoms with van der Waals surface area (Å²) in [5.74, 6) is 0. The Balaban J connectivity index is 1.74. The fraction of sp³-hybridized carbons (Fsp3) is 0.238. The van der Waals surface area contributed by atoms with Crippen LogP contribution in [0.4, 0.5) is 29.3 Å². The molecule has 0 radical (unpaired) electrons. The normalized spacial score (nSPS) is 11.4. The van der Waals surface area contributed by atoms with E-state index in [2.05, 4.69) is 15.7 Å². The maximum Gasteiger partial charge on any atom is 0.416 e. The lowest BCUT2D eigenvalue weighted by molar-refractivity contribution is -0.137. The Morgan fingerprint density at radius 1 is 1.03 bits per heavy atom. The topological polar surface area (TPSA) is 59.0 Å². The Bertz CT molecular complexity index is 1040. The molecule has 2 amide bonds. The number of nitrogens with one attached hydrogen (secondary N) is 2. The van der Waals surface area contributed by atoms with Crippen LogP contribution in [0.15, 0.2) is 48.5 Å². The van der Waals surface area contributed by atoms with Crippen molar-refractivity contribution in [3.63, 3.8) is 0 Å². The van der Waals surface area contributed by atoms with Crippen molar-refractivity contribution in [1.82, 2.24) is 9.78 Å². The summed E-state index contributed by atoms with van der Waals surface area (Å²) in [5.41, 5.74) is 3.38. The summed E-state index contributed by atoms with van der Waals surface area (Å²) in [4.78, 5) is 12.3. The van der Waals surface area contributed by atoms with Gasteiger partial charge in [0, 0.05) is 5.69 Å². The molecule has 1 heterocycles. The first kappa shape index (κ1) is 20.4. The summed E-state index contributed by atoms with van der Waals surface area (Å²) >= 11 is 0. The maximum atomic E-state index is 12.8. The van der Waals surface area contributed by atoms with Crippen molar-refractivity contribution in [2.75, 3.05) is 10.6 Å². The number of benzene rings is 2. The Morgan fingerprint density at radius 2 is 1.76 bits per heavy atom. The minimum atomic E-state index is -4.47. The van der Waals surface area contributed by atoms with Crippen LogP contribution >= 0.6 is 0 Å². The van der Waals surface area contributed by atoms with Crippen LogP contribution < -0.4 is 10.6 Å². The smallest absolute Gasteiger partial charge is 0.308 e. The number of hydrogen-bond acceptors (Lipinski definition) is 2. The number of rotatable bonds is 4. The van der Waals surface area contributed by atoms with Crippen molar-refractivity contribution in [3.8, 4) is 0 Å². The number of anilines is 2. The molecule has 1 aromatic heterocycles. The Hall–Kier alpha value is -3.29. The lowest BCUT2D eigenvalue weighted by Crippen LogP contribution is -2.20. The van der Waals surface area contributed by atoms with Crippen molar-refractivity contribution in [2.45, 2.75) is 33.5 Å². The molecule has 0 bridgehead atoms. The van der Waals surface area contributed by atoms with Crippen LogP contribution in [0.3, 0.4) is 0 Å². The molecule has 0 saturated heterocycles. The van der Waals surface area contributed by atoms with Gasteiger partial charge in [-0.1, -0.05) is 30.3 Å². The average Bonchev–Trinajstić information content (AvgIpc) is 2.90. The zero-order chi connectivity index (χ0) is 21.2. The highest BCUT2D eigenvalue weighted by Crippen LogP contribution is 2.30. The van der Waals surface area contributed by atoms with E-state index in [1.165, 1.54) is 12.1 Å². The van der Waals surface area contributed by atoms with Gasteiger partial charge in [-0.15, -0.1) is 0 Å². The van der Waals surface area contributed by atoms with Crippen molar-refractivity contribution < 1.29 is 18.0 Å². The van der Waals surface area contributed by atoms with Crippen molar-refractivity contribution in [3.05, 3.63) is 76.6 Å². The third-order valence-electron chi connectivity index (χ3n) is 4.65. The van der Waals surface area contributed by atoms with Crippen molar-refractivity contribution >= 4 is 17.4 Å². The second-order valence-electron chi connectivity index (χ2n) is 6.79. The van der Waals surface area contributed by atoms with Gasteiger partial charge < -0.3 is 10.6 Å². The predicted octanol–water partition coefficient (Wildman–Crippen LogP) is 5.52. The summed E-state index contributed by atoms with van der Waals surface area (Å²) in [6.45, 7) is 6.17. The van der Waals surface area contributed by atoms with Crippen LogP contribution in [0, 0.1) is 20.8 Å². The van der Waals surface area contributed by atoms with Crippen LogP contribution in [-0.2, 0) is 12.7 Å². The number of aromatic nitrogens is 2. The highest BCUT2D eigenvalue weighted by molar-refractivity contribution is 6.00. The van der Waals surface area contributed by atoms with Gasteiger partial charge in [0.25, 0.3) is 0 Å². The third kappa shape index (κ3) is 4.77. The van der Waals surface area contributed by atoms with Crippen LogP contribution in [0.2, 0.25) is 0 Å². The zero-order valence-corrected chi connectivity index (χ0v) is 16.3. The number of alkyl halides is 3. The van der Waals surface area contributed by atoms with Gasteiger partial charge in [0.05, 0.1) is 29.2 Å². The molecule has 8 heteroatoms. The van der Waals surface area contributed by atoms with Gasteiger partial charge in [-0.3, -0.25) is 4.68 Å². The monoisotopic (exact) mass is 402 g/mol. The number of urea groups is 1. The second-order valence-corrected chi connectivity index (χ2v) is 6.79. The van der Waals surface area contributed by atoms with Gasteiger partial charge in [-0.25, -0.2) is 4.79 Å². The van der Waals surface area contributed by atoms with Gasteiger partial charge in [0.2, 0.25) is 0 Å². The number of carbonyl (C=O) groups excluding carboxylic acids is 1. The molecular formula is C21H21F3N4O. The standard InChI is InChI=1S/C21H21F3N4O/c1-13-7-4-5-8-16(13)12-28-15(3)19(14(2)27-28)26-20(29)25-18-10-6-9-17(11-18)21(22,23)24/h4-11H,12H2,1-3H3,(H2,25,26,29). The predicted molar refractivity (Wildman–Crippen MR) is 106 cm³/mol. The molecule has 152 valence electrons. The van der Waals surface area contributed by atoms with Crippen molar-refractivity contribution in [1.29, 1.82) is 0 Å². The maximum absolute atomic E-state index is 12.8. The zero-order valence-electron chi connectivity index (χ0n) is 16.3. The molecule has 5 nitrogen and oxygen atoms in total. The molecule has 0 spiro atoms. The molecule has 0 aliphatic carbocycles. The van der Waals surface area contributed by atoms with Crippen LogP contribution in [0.25, 0.3) is 0 Å². The van der Waals surface area contributed by atoms with E-state index in [1.807, 2.05) is 38.1 Å². The van der Waals surface area contributed by atoms with E-state index in [4.69, 9.17) is 0 Å². The van der Waals surface area contributed by atoms with Gasteiger partial charge in [-0.2, -0.15) is 18.3 Å². The molecule has 0 fully saturated rings. The van der Waals surface area contributed by atoms with Crippen molar-refractivity contribution in [2.24, 2.45) is 0 Å². The molecule has 0 unspecified atom stereocenters. The molecule has 0 atom stereocenters. The fourth-order valence-corrected chi connectivity index (χ4v) is 3.03. The van der Waals surface area contributed by atoms with E-state index in [0.29, 0.717) is 17.9 Å². The molecule has 0 aliphatic rings. The van der Waals surface area contributed by atoms with Crippen LogP contribution in [-0.4, -0.2) is 15.8 Å². The number of carbonyl (C=O) groups is 1. The first-order valence-electron chi connectivity index (χ1n) is 8.99. The fourth-order valence-electron chi connectivity index (χ4n) is 3.03. The largest absolute Gasteiger partial charge is 0.416 e. The number of aryl methyl sites for hydroxylation is 2. The average molecular weight is 402 g/mol. The molecule has 3 aromatic rings. The van der Waals surface area contributed by atoms with E-state index in [-0.39, 0.29) is 5.69 Å². The number of amides is 2. The minimum absolute atomic E-state index is 0.0555. The number of hydrogen-bond donors (Lipinski definition) is 2. The molecule has 2 N–H and O–H groups in total. The summed E-state index contributed by atoms with van der Waals surface area (Å²) in [7, 11) is 0. The SMILES string of the molecule is Cc1ccccc1Cn1nc(C)c(NC(=O)Nc2cccc(C(F)(F)F)c2)c1C.